The number of allylic oxidation sites excluding steroid dienone is 2. The second-order valence-corrected chi connectivity index (χ2v) is 6.10. The number of aldehydes is 2. The Morgan fingerprint density at radius 3 is 2.00 bits per heavy atom. The van der Waals surface area contributed by atoms with Crippen LogP contribution in [0.4, 0.5) is 4.39 Å². The zero-order valence-corrected chi connectivity index (χ0v) is 14.9. The molecule has 0 radical (unpaired) electrons. The molecule has 134 valence electrons. The number of carbonyl (C=O) groups is 2. The molecule has 2 aromatic rings. The van der Waals surface area contributed by atoms with Gasteiger partial charge >= 0.3 is 0 Å². The minimum Gasteiger partial charge on any atom is -0.314 e. The monoisotopic (exact) mass is 353 g/mol. The Balaban J connectivity index is 3.03. The fraction of sp³-hybridized carbons (Fsp3) is 0.190. The standard InChI is InChI=1S/C21H20FNO3/c1-14(2)20-17(6-4-12-24)19(15-8-10-16(22)11-9-15)18(7-5-13-25)21(26)23(20)3/h4-14H,1-3H3. The van der Waals surface area contributed by atoms with Crippen molar-refractivity contribution in [1.29, 1.82) is 0 Å². The molecule has 4 nitrogen and oxygen atoms in total. The molecule has 26 heavy (non-hydrogen) atoms. The molecular weight excluding hydrogens is 333 g/mol. The van der Waals surface area contributed by atoms with E-state index in [2.05, 4.69) is 0 Å². The number of carbonyl (C=O) groups excluding carboxylic acids is 2. The Morgan fingerprint density at radius 2 is 1.50 bits per heavy atom. The summed E-state index contributed by atoms with van der Waals surface area (Å²) in [6.45, 7) is 3.89. The minimum absolute atomic E-state index is 0.00213. The van der Waals surface area contributed by atoms with Gasteiger partial charge in [-0.25, -0.2) is 4.39 Å². The summed E-state index contributed by atoms with van der Waals surface area (Å²) in [5.74, 6) is -0.390. The first-order valence-electron chi connectivity index (χ1n) is 8.18. The van der Waals surface area contributed by atoms with Gasteiger partial charge in [0.05, 0.1) is 0 Å². The maximum atomic E-state index is 13.4. The molecule has 0 fully saturated rings. The van der Waals surface area contributed by atoms with Crippen molar-refractivity contribution in [2.45, 2.75) is 19.8 Å². The lowest BCUT2D eigenvalue weighted by atomic mass is 9.90. The van der Waals surface area contributed by atoms with E-state index in [0.29, 0.717) is 34.8 Å². The molecule has 5 heteroatoms. The zero-order valence-electron chi connectivity index (χ0n) is 14.9. The summed E-state index contributed by atoms with van der Waals surface area (Å²) in [5, 5.41) is 0. The van der Waals surface area contributed by atoms with Gasteiger partial charge in [-0.15, -0.1) is 0 Å². The van der Waals surface area contributed by atoms with Crippen LogP contribution in [0.3, 0.4) is 0 Å². The molecule has 0 N–H and O–H groups in total. The first-order valence-corrected chi connectivity index (χ1v) is 8.18. The highest BCUT2D eigenvalue weighted by Gasteiger charge is 2.20. The summed E-state index contributed by atoms with van der Waals surface area (Å²) in [5.41, 5.74) is 2.66. The third-order valence-corrected chi connectivity index (χ3v) is 4.07. The predicted octanol–water partition coefficient (Wildman–Crippen LogP) is 3.74. The average molecular weight is 353 g/mol. The van der Waals surface area contributed by atoms with Gasteiger partial charge in [0.2, 0.25) is 0 Å². The molecule has 0 aliphatic rings. The average Bonchev–Trinajstić information content (AvgIpc) is 2.61. The lowest BCUT2D eigenvalue weighted by Crippen LogP contribution is -2.26. The topological polar surface area (TPSA) is 56.1 Å². The largest absolute Gasteiger partial charge is 0.314 e. The van der Waals surface area contributed by atoms with Gasteiger partial charge in [0.1, 0.15) is 18.4 Å². The number of hydrogen-bond acceptors (Lipinski definition) is 3. The van der Waals surface area contributed by atoms with Crippen LogP contribution >= 0.6 is 0 Å². The molecule has 1 aromatic heterocycles. The number of rotatable bonds is 6. The second kappa shape index (κ2) is 8.34. The highest BCUT2D eigenvalue weighted by molar-refractivity contribution is 5.88. The SMILES string of the molecule is CC(C)c1c(C=CC=O)c(-c2ccc(F)cc2)c(C=CC=O)c(=O)n1C. The second-order valence-electron chi connectivity index (χ2n) is 6.10. The summed E-state index contributed by atoms with van der Waals surface area (Å²) in [6.07, 6.45) is 6.92. The third kappa shape index (κ3) is 3.77. The van der Waals surface area contributed by atoms with E-state index >= 15 is 0 Å². The number of hydrogen-bond donors (Lipinski definition) is 0. The number of pyridine rings is 1. The molecule has 2 rings (SSSR count). The van der Waals surface area contributed by atoms with Crippen LogP contribution in [0.25, 0.3) is 23.3 Å². The first-order chi connectivity index (χ1) is 12.4. The van der Waals surface area contributed by atoms with Gasteiger partial charge in [-0.05, 0) is 47.9 Å². The Kier molecular flexibility index (Phi) is 6.17. The highest BCUT2D eigenvalue weighted by atomic mass is 19.1. The van der Waals surface area contributed by atoms with Crippen molar-refractivity contribution in [3.05, 3.63) is 69.4 Å². The van der Waals surface area contributed by atoms with E-state index in [4.69, 9.17) is 0 Å². The van der Waals surface area contributed by atoms with E-state index in [-0.39, 0.29) is 11.5 Å². The fourth-order valence-electron chi connectivity index (χ4n) is 3.07. The fourth-order valence-corrected chi connectivity index (χ4v) is 3.07. The predicted molar refractivity (Wildman–Crippen MR) is 101 cm³/mol. The van der Waals surface area contributed by atoms with Gasteiger partial charge in [0.15, 0.2) is 0 Å². The molecule has 0 atom stereocenters. The van der Waals surface area contributed by atoms with Gasteiger partial charge in [-0.3, -0.25) is 14.4 Å². The lowest BCUT2D eigenvalue weighted by Gasteiger charge is -2.21. The molecule has 0 saturated carbocycles. The molecule has 1 heterocycles. The van der Waals surface area contributed by atoms with E-state index in [1.165, 1.54) is 34.9 Å². The highest BCUT2D eigenvalue weighted by Crippen LogP contribution is 2.33. The van der Waals surface area contributed by atoms with E-state index in [9.17, 15) is 18.8 Å². The third-order valence-electron chi connectivity index (χ3n) is 4.07. The summed E-state index contributed by atoms with van der Waals surface area (Å²) >= 11 is 0. The summed E-state index contributed by atoms with van der Waals surface area (Å²) in [7, 11) is 1.66. The van der Waals surface area contributed by atoms with Crippen molar-refractivity contribution in [1.82, 2.24) is 4.57 Å². The molecule has 0 amide bonds. The van der Waals surface area contributed by atoms with Crippen LogP contribution in [0.2, 0.25) is 0 Å². The number of halogens is 1. The molecule has 0 bridgehead atoms. The maximum absolute atomic E-state index is 13.4. The van der Waals surface area contributed by atoms with Gasteiger partial charge in [-0.2, -0.15) is 0 Å². The molecular formula is C21H20FNO3. The molecule has 1 aromatic carbocycles. The van der Waals surface area contributed by atoms with Gasteiger partial charge in [-0.1, -0.05) is 26.0 Å². The van der Waals surface area contributed by atoms with E-state index < -0.39 is 5.82 Å². The number of aromatic nitrogens is 1. The molecule has 0 saturated heterocycles. The van der Waals surface area contributed by atoms with Crippen LogP contribution < -0.4 is 5.56 Å². The van der Waals surface area contributed by atoms with Crippen molar-refractivity contribution in [3.8, 4) is 11.1 Å². The molecule has 0 aliphatic heterocycles. The van der Waals surface area contributed by atoms with Crippen LogP contribution in [-0.2, 0) is 16.6 Å². The van der Waals surface area contributed by atoms with Gasteiger partial charge < -0.3 is 4.57 Å². The normalized spacial score (nSPS) is 11.6. The zero-order chi connectivity index (χ0) is 19.3. The maximum Gasteiger partial charge on any atom is 0.258 e. The van der Waals surface area contributed by atoms with Crippen molar-refractivity contribution in [3.63, 3.8) is 0 Å². The summed E-state index contributed by atoms with van der Waals surface area (Å²) < 4.78 is 14.9. The molecule has 0 spiro atoms. The smallest absolute Gasteiger partial charge is 0.258 e. The van der Waals surface area contributed by atoms with Crippen molar-refractivity contribution >= 4 is 24.7 Å². The number of benzene rings is 1. The Morgan fingerprint density at radius 1 is 0.962 bits per heavy atom. The Labute approximate surface area is 151 Å². The minimum atomic E-state index is -0.392. The summed E-state index contributed by atoms with van der Waals surface area (Å²) in [4.78, 5) is 34.6. The van der Waals surface area contributed by atoms with E-state index in [1.54, 1.807) is 25.3 Å². The Bertz CT molecular complexity index is 935. The van der Waals surface area contributed by atoms with Crippen molar-refractivity contribution in [2.75, 3.05) is 0 Å². The van der Waals surface area contributed by atoms with Crippen LogP contribution in [0.5, 0.6) is 0 Å². The van der Waals surface area contributed by atoms with E-state index in [1.807, 2.05) is 13.8 Å². The van der Waals surface area contributed by atoms with Gasteiger partial charge in [0.25, 0.3) is 5.56 Å². The van der Waals surface area contributed by atoms with Crippen molar-refractivity contribution in [2.24, 2.45) is 7.05 Å². The lowest BCUT2D eigenvalue weighted by molar-refractivity contribution is -0.104. The molecule has 0 unspecified atom stereocenters. The van der Waals surface area contributed by atoms with Crippen LogP contribution in [0.15, 0.2) is 41.2 Å². The van der Waals surface area contributed by atoms with Crippen LogP contribution in [-0.4, -0.2) is 17.1 Å². The summed E-state index contributed by atoms with van der Waals surface area (Å²) in [6, 6.07) is 5.76. The first kappa shape index (κ1) is 19.2. The van der Waals surface area contributed by atoms with Gasteiger partial charge in [0, 0.05) is 29.4 Å². The molecule has 0 aliphatic carbocycles. The van der Waals surface area contributed by atoms with E-state index in [0.717, 1.165) is 5.69 Å². The van der Waals surface area contributed by atoms with Crippen molar-refractivity contribution < 1.29 is 14.0 Å². The quantitative estimate of drug-likeness (QED) is 0.587. The number of nitrogens with zero attached hydrogens (tertiary/aromatic N) is 1. The van der Waals surface area contributed by atoms with Crippen LogP contribution in [0, 0.1) is 5.82 Å². The Hall–Kier alpha value is -3.08. The van der Waals surface area contributed by atoms with Crippen LogP contribution in [0.1, 0.15) is 36.6 Å².